The Morgan fingerprint density at radius 3 is 2.64 bits per heavy atom. The first-order valence-corrected chi connectivity index (χ1v) is 3.92. The second-order valence-electron chi connectivity index (χ2n) is 3.27. The average Bonchev–Trinajstić information content (AvgIpc) is 2.66. The van der Waals surface area contributed by atoms with Gasteiger partial charge in [0.1, 0.15) is 0 Å². The van der Waals surface area contributed by atoms with Crippen LogP contribution in [0.1, 0.15) is 6.42 Å². The maximum atomic E-state index is 12.1. The van der Waals surface area contributed by atoms with Crippen molar-refractivity contribution in [2.24, 2.45) is 10.9 Å². The highest BCUT2D eigenvalue weighted by Gasteiger charge is 2.66. The van der Waals surface area contributed by atoms with Gasteiger partial charge in [-0.05, 0) is 6.42 Å². The summed E-state index contributed by atoms with van der Waals surface area (Å²) in [5.74, 6) is -2.68. The molecule has 0 radical (unpaired) electrons. The van der Waals surface area contributed by atoms with Crippen LogP contribution in [0.3, 0.4) is 0 Å². The minimum absolute atomic E-state index is 0.259. The quantitative estimate of drug-likeness (QED) is 0.480. The lowest BCUT2D eigenvalue weighted by Crippen LogP contribution is -2.24. The van der Waals surface area contributed by atoms with Crippen molar-refractivity contribution in [3.8, 4) is 0 Å². The number of hydrogen-bond acceptors (Lipinski definition) is 3. The van der Waals surface area contributed by atoms with Crippen molar-refractivity contribution in [1.82, 2.24) is 0 Å². The third-order valence-corrected chi connectivity index (χ3v) is 2.36. The van der Waals surface area contributed by atoms with Crippen molar-refractivity contribution in [2.45, 2.75) is 18.1 Å². The molecule has 3 nitrogen and oxygen atoms in total. The molecule has 0 aromatic rings. The summed E-state index contributed by atoms with van der Waals surface area (Å²) in [6, 6.07) is 0. The number of nitrogens with zero attached hydrogens (tertiary/aromatic N) is 1. The zero-order valence-corrected chi connectivity index (χ0v) is 6.97. The second-order valence-corrected chi connectivity index (χ2v) is 3.27. The molecule has 2 atom stereocenters. The van der Waals surface area contributed by atoms with Crippen molar-refractivity contribution in [3.63, 3.8) is 0 Å². The summed E-state index contributed by atoms with van der Waals surface area (Å²) in [7, 11) is 0. The van der Waals surface area contributed by atoms with Crippen LogP contribution in [0, 0.1) is 5.92 Å². The highest BCUT2D eigenvalue weighted by molar-refractivity contribution is 6.04. The van der Waals surface area contributed by atoms with Gasteiger partial charge in [-0.15, -0.1) is 6.58 Å². The van der Waals surface area contributed by atoms with E-state index in [-0.39, 0.29) is 12.3 Å². The van der Waals surface area contributed by atoms with Gasteiger partial charge in [0.25, 0.3) is 0 Å². The molecule has 1 saturated carbocycles. The molecular formula is C8H6F3NO2. The number of carbonyl (C=O) groups is 1. The number of aliphatic imine (C=N–C) groups is 1. The van der Waals surface area contributed by atoms with Crippen LogP contribution in [0.4, 0.5) is 13.2 Å². The zero-order valence-electron chi connectivity index (χ0n) is 6.97. The topological polar surface area (TPSA) is 38.7 Å². The van der Waals surface area contributed by atoms with Gasteiger partial charge in [0.2, 0.25) is 0 Å². The number of esters is 1. The minimum atomic E-state index is -4.69. The molecule has 0 unspecified atom stereocenters. The number of alkyl halides is 3. The molecule has 1 aliphatic heterocycles. The lowest BCUT2D eigenvalue weighted by molar-refractivity contribution is -0.140. The van der Waals surface area contributed by atoms with Crippen LogP contribution in [-0.4, -0.2) is 23.6 Å². The molecule has 14 heavy (non-hydrogen) atoms. The third kappa shape index (κ3) is 1.06. The summed E-state index contributed by atoms with van der Waals surface area (Å²) in [5, 5.41) is 0. The molecule has 0 saturated heterocycles. The van der Waals surface area contributed by atoms with Gasteiger partial charge in [0.15, 0.2) is 5.54 Å². The molecule has 76 valence electrons. The van der Waals surface area contributed by atoms with Crippen molar-refractivity contribution in [3.05, 3.63) is 12.7 Å². The highest BCUT2D eigenvalue weighted by Crippen LogP contribution is 2.52. The standard InChI is InChI=1S/C8H6F3NO2/c1-2-4-3-7(4)6(13)14-5(12-7)8(9,10)11/h2,4H,1,3H2/t4-,7-/m1/s1. The van der Waals surface area contributed by atoms with E-state index < -0.39 is 23.6 Å². The van der Waals surface area contributed by atoms with E-state index in [1.807, 2.05) is 0 Å². The Bertz CT molecular complexity index is 347. The Hall–Kier alpha value is -1.33. The molecule has 0 bridgehead atoms. The van der Waals surface area contributed by atoms with Crippen molar-refractivity contribution >= 4 is 11.9 Å². The predicted molar refractivity (Wildman–Crippen MR) is 40.6 cm³/mol. The molecule has 6 heteroatoms. The lowest BCUT2D eigenvalue weighted by atomic mass is 10.2. The van der Waals surface area contributed by atoms with Gasteiger partial charge < -0.3 is 4.74 Å². The first-order chi connectivity index (χ1) is 6.40. The average molecular weight is 205 g/mol. The Balaban J connectivity index is 2.28. The smallest absolute Gasteiger partial charge is 0.401 e. The van der Waals surface area contributed by atoms with Crippen LogP contribution in [0.25, 0.3) is 0 Å². The van der Waals surface area contributed by atoms with Crippen LogP contribution < -0.4 is 0 Å². The van der Waals surface area contributed by atoms with Crippen molar-refractivity contribution in [2.75, 3.05) is 0 Å². The summed E-state index contributed by atoms with van der Waals surface area (Å²) >= 11 is 0. The summed E-state index contributed by atoms with van der Waals surface area (Å²) in [6.07, 6.45) is -3.01. The van der Waals surface area contributed by atoms with E-state index in [0.29, 0.717) is 0 Å². The molecule has 0 aromatic carbocycles. The Morgan fingerprint density at radius 1 is 1.64 bits per heavy atom. The fourth-order valence-electron chi connectivity index (χ4n) is 1.46. The van der Waals surface area contributed by atoms with E-state index in [0.717, 1.165) is 0 Å². The molecular weight excluding hydrogens is 199 g/mol. The summed E-state index contributed by atoms with van der Waals surface area (Å²) in [6.45, 7) is 3.41. The van der Waals surface area contributed by atoms with E-state index in [9.17, 15) is 18.0 Å². The van der Waals surface area contributed by atoms with Gasteiger partial charge in [-0.2, -0.15) is 13.2 Å². The van der Waals surface area contributed by atoms with E-state index >= 15 is 0 Å². The Kier molecular flexibility index (Phi) is 1.56. The van der Waals surface area contributed by atoms with Crippen molar-refractivity contribution < 1.29 is 22.7 Å². The molecule has 1 aliphatic carbocycles. The van der Waals surface area contributed by atoms with Crippen molar-refractivity contribution in [1.29, 1.82) is 0 Å². The van der Waals surface area contributed by atoms with E-state index in [1.165, 1.54) is 6.08 Å². The molecule has 1 fully saturated rings. The minimum Gasteiger partial charge on any atom is -0.401 e. The summed E-state index contributed by atoms with van der Waals surface area (Å²) in [5.41, 5.74) is -1.31. The van der Waals surface area contributed by atoms with Gasteiger partial charge in [-0.3, -0.25) is 0 Å². The molecule has 2 rings (SSSR count). The maximum absolute atomic E-state index is 12.1. The maximum Gasteiger partial charge on any atom is 0.468 e. The number of cyclic esters (lactones) is 1. The Labute approximate surface area is 77.3 Å². The molecule has 1 spiro atoms. The molecule has 0 amide bonds. The van der Waals surface area contributed by atoms with Gasteiger partial charge in [0.05, 0.1) is 0 Å². The molecule has 0 N–H and O–H groups in total. The first-order valence-electron chi connectivity index (χ1n) is 3.92. The van der Waals surface area contributed by atoms with E-state index in [1.54, 1.807) is 0 Å². The van der Waals surface area contributed by atoms with Gasteiger partial charge in [0, 0.05) is 5.92 Å². The third-order valence-electron chi connectivity index (χ3n) is 2.36. The van der Waals surface area contributed by atoms with Crippen LogP contribution in [-0.2, 0) is 9.53 Å². The number of ether oxygens (including phenoxy) is 1. The number of rotatable bonds is 1. The second kappa shape index (κ2) is 2.37. The van der Waals surface area contributed by atoms with Gasteiger partial charge in [-0.25, -0.2) is 9.79 Å². The van der Waals surface area contributed by atoms with E-state index in [4.69, 9.17) is 0 Å². The van der Waals surface area contributed by atoms with Crippen LogP contribution in [0.15, 0.2) is 17.6 Å². The van der Waals surface area contributed by atoms with Gasteiger partial charge in [-0.1, -0.05) is 6.08 Å². The normalized spacial score (nSPS) is 35.5. The molecule has 2 aliphatic rings. The number of halogens is 3. The summed E-state index contributed by atoms with van der Waals surface area (Å²) in [4.78, 5) is 14.4. The lowest BCUT2D eigenvalue weighted by Gasteiger charge is -2.02. The van der Waals surface area contributed by atoms with E-state index in [2.05, 4.69) is 16.3 Å². The van der Waals surface area contributed by atoms with Crippen LogP contribution >= 0.6 is 0 Å². The first kappa shape index (κ1) is 9.23. The summed E-state index contributed by atoms with van der Waals surface area (Å²) < 4.78 is 40.4. The zero-order chi connectivity index (χ0) is 10.6. The number of hydrogen-bond donors (Lipinski definition) is 0. The predicted octanol–water partition coefficient (Wildman–Crippen LogP) is 1.45. The van der Waals surface area contributed by atoms with Crippen LogP contribution in [0.5, 0.6) is 0 Å². The van der Waals surface area contributed by atoms with Gasteiger partial charge >= 0.3 is 18.0 Å². The Morgan fingerprint density at radius 2 is 2.29 bits per heavy atom. The number of carbonyl (C=O) groups excluding carboxylic acids is 1. The molecule has 1 heterocycles. The molecule has 0 aromatic heterocycles. The monoisotopic (exact) mass is 205 g/mol. The van der Waals surface area contributed by atoms with Crippen LogP contribution in [0.2, 0.25) is 0 Å². The largest absolute Gasteiger partial charge is 0.468 e. The fourth-order valence-corrected chi connectivity index (χ4v) is 1.46. The highest BCUT2D eigenvalue weighted by atomic mass is 19.4. The SMILES string of the molecule is C=C[C@@H]1C[C@@]12N=C(C(F)(F)F)OC2=O. The fraction of sp³-hybridized carbons (Fsp3) is 0.500.